The Labute approximate surface area is 172 Å². The molecule has 2 aromatic heterocycles. The van der Waals surface area contributed by atoms with Crippen molar-refractivity contribution in [2.24, 2.45) is 0 Å². The summed E-state index contributed by atoms with van der Waals surface area (Å²) < 4.78 is 6.14. The molecule has 1 N–H and O–H groups in total. The van der Waals surface area contributed by atoms with Gasteiger partial charge in [0.1, 0.15) is 5.75 Å². The van der Waals surface area contributed by atoms with Crippen LogP contribution < -0.4 is 10.1 Å². The van der Waals surface area contributed by atoms with E-state index >= 15 is 0 Å². The molecule has 2 heterocycles. The number of aryl methyl sites for hydroxylation is 2. The predicted octanol–water partition coefficient (Wildman–Crippen LogP) is 6.84. The Balaban J connectivity index is 1.66. The number of para-hydroxylation sites is 1. The molecule has 4 rings (SSSR count). The third-order valence-electron chi connectivity index (χ3n) is 3.96. The average Bonchev–Trinajstić information content (AvgIpc) is 3.11. The number of ether oxygens (including phenoxy) is 1. The lowest BCUT2D eigenvalue weighted by atomic mass is 10.2. The number of thiazole rings is 1. The molecule has 0 radical (unpaired) electrons. The van der Waals surface area contributed by atoms with Crippen molar-refractivity contribution in [2.45, 2.75) is 23.6 Å². The van der Waals surface area contributed by atoms with Gasteiger partial charge in [0.05, 0.1) is 5.69 Å². The number of benzene rings is 2. The fraction of sp³-hybridized carbons (Fsp3) is 0.0909. The summed E-state index contributed by atoms with van der Waals surface area (Å²) in [7, 11) is 0. The number of aromatic nitrogens is 2. The number of anilines is 2. The van der Waals surface area contributed by atoms with Gasteiger partial charge in [-0.05, 0) is 37.6 Å². The summed E-state index contributed by atoms with van der Waals surface area (Å²) in [6.45, 7) is 4.08. The Morgan fingerprint density at radius 1 is 1.00 bits per heavy atom. The highest BCUT2D eigenvalue weighted by molar-refractivity contribution is 7.99. The molecule has 4 aromatic rings. The molecule has 2 aromatic carbocycles. The van der Waals surface area contributed by atoms with E-state index in [2.05, 4.69) is 34.3 Å². The van der Waals surface area contributed by atoms with Crippen LogP contribution in [-0.4, -0.2) is 9.97 Å². The van der Waals surface area contributed by atoms with Crippen LogP contribution in [0, 0.1) is 13.8 Å². The molecule has 28 heavy (non-hydrogen) atoms. The molecule has 0 aliphatic heterocycles. The van der Waals surface area contributed by atoms with Crippen LogP contribution in [0.15, 0.2) is 82.0 Å². The molecule has 140 valence electrons. The van der Waals surface area contributed by atoms with Crippen molar-refractivity contribution < 1.29 is 4.74 Å². The Kier molecular flexibility index (Phi) is 5.60. The molecule has 0 saturated carbocycles. The van der Waals surface area contributed by atoms with Gasteiger partial charge >= 0.3 is 0 Å². The third kappa shape index (κ3) is 4.52. The molecule has 0 aliphatic rings. The van der Waals surface area contributed by atoms with Gasteiger partial charge in [-0.1, -0.05) is 48.2 Å². The zero-order chi connectivity index (χ0) is 19.3. The minimum absolute atomic E-state index is 0.646. The maximum Gasteiger partial charge on any atom is 0.188 e. The lowest BCUT2D eigenvalue weighted by Gasteiger charge is -2.13. The Bertz CT molecular complexity index is 1080. The second kappa shape index (κ2) is 8.46. The van der Waals surface area contributed by atoms with E-state index < -0.39 is 0 Å². The van der Waals surface area contributed by atoms with E-state index in [1.165, 1.54) is 10.5 Å². The zero-order valence-electron chi connectivity index (χ0n) is 15.5. The van der Waals surface area contributed by atoms with Crippen LogP contribution in [-0.2, 0) is 0 Å². The topological polar surface area (TPSA) is 47.0 Å². The maximum absolute atomic E-state index is 6.14. The van der Waals surface area contributed by atoms with Gasteiger partial charge in [-0.2, -0.15) is 0 Å². The van der Waals surface area contributed by atoms with E-state index in [-0.39, 0.29) is 0 Å². The number of nitrogens with zero attached hydrogens (tertiary/aromatic N) is 2. The summed E-state index contributed by atoms with van der Waals surface area (Å²) in [5.41, 5.74) is 2.21. The molecule has 0 spiro atoms. The Morgan fingerprint density at radius 3 is 2.54 bits per heavy atom. The van der Waals surface area contributed by atoms with Crippen LogP contribution in [0.4, 0.5) is 10.9 Å². The van der Waals surface area contributed by atoms with Crippen LogP contribution in [0.2, 0.25) is 0 Å². The van der Waals surface area contributed by atoms with Gasteiger partial charge in [-0.25, -0.2) is 9.97 Å². The summed E-state index contributed by atoms with van der Waals surface area (Å²) in [6, 6.07) is 20.1. The fourth-order valence-electron chi connectivity index (χ4n) is 2.58. The highest BCUT2D eigenvalue weighted by Crippen LogP contribution is 2.37. The molecule has 0 fully saturated rings. The molecule has 6 heteroatoms. The minimum Gasteiger partial charge on any atom is -0.453 e. The second-order valence-corrected chi connectivity index (χ2v) is 8.19. The van der Waals surface area contributed by atoms with Crippen molar-refractivity contribution in [1.82, 2.24) is 9.97 Å². The van der Waals surface area contributed by atoms with Crippen molar-refractivity contribution in [1.29, 1.82) is 0 Å². The minimum atomic E-state index is 0.646. The predicted molar refractivity (Wildman–Crippen MR) is 116 cm³/mol. The van der Waals surface area contributed by atoms with Crippen LogP contribution in [0.3, 0.4) is 0 Å². The first kappa shape index (κ1) is 18.5. The first-order valence-electron chi connectivity index (χ1n) is 8.83. The van der Waals surface area contributed by atoms with Crippen LogP contribution in [0.1, 0.15) is 11.3 Å². The van der Waals surface area contributed by atoms with Crippen molar-refractivity contribution in [3.63, 3.8) is 0 Å². The van der Waals surface area contributed by atoms with Crippen molar-refractivity contribution in [3.05, 3.63) is 83.5 Å². The maximum atomic E-state index is 6.14. The van der Waals surface area contributed by atoms with E-state index in [4.69, 9.17) is 4.74 Å². The lowest BCUT2D eigenvalue weighted by molar-refractivity contribution is 0.481. The smallest absolute Gasteiger partial charge is 0.188 e. The van der Waals surface area contributed by atoms with Crippen LogP contribution in [0.5, 0.6) is 11.5 Å². The van der Waals surface area contributed by atoms with E-state index in [0.717, 1.165) is 21.5 Å². The van der Waals surface area contributed by atoms with Gasteiger partial charge < -0.3 is 10.1 Å². The first-order valence-corrected chi connectivity index (χ1v) is 10.5. The summed E-state index contributed by atoms with van der Waals surface area (Å²) in [6.07, 6.45) is 1.86. The first-order chi connectivity index (χ1) is 13.7. The Hall–Kier alpha value is -2.83. The molecule has 4 nitrogen and oxygen atoms in total. The van der Waals surface area contributed by atoms with Gasteiger partial charge in [-0.15, -0.1) is 11.3 Å². The monoisotopic (exact) mass is 405 g/mol. The highest BCUT2D eigenvalue weighted by atomic mass is 32.2. The Morgan fingerprint density at radius 2 is 1.79 bits per heavy atom. The van der Waals surface area contributed by atoms with Gasteiger partial charge in [0.25, 0.3) is 0 Å². The van der Waals surface area contributed by atoms with Crippen molar-refractivity contribution in [3.8, 4) is 11.5 Å². The number of rotatable bonds is 6. The van der Waals surface area contributed by atoms with Gasteiger partial charge in [0.15, 0.2) is 16.7 Å². The standard InChI is InChI=1S/C22H19N3OS2/c1-15-8-6-7-11-20(15)28-18-12-19(26-17-9-4-3-5-10-17)21(23-13-18)25-22-24-16(2)14-27-22/h3-14H,1-2H3,(H,23,24,25). The summed E-state index contributed by atoms with van der Waals surface area (Å²) >= 11 is 3.22. The van der Waals surface area contributed by atoms with Gasteiger partial charge in [0, 0.05) is 27.4 Å². The molecular formula is C22H19N3OS2. The number of pyridine rings is 1. The summed E-state index contributed by atoms with van der Waals surface area (Å²) in [5, 5.41) is 6.07. The van der Waals surface area contributed by atoms with E-state index in [1.807, 2.05) is 67.0 Å². The molecular weight excluding hydrogens is 386 g/mol. The lowest BCUT2D eigenvalue weighted by Crippen LogP contribution is -1.97. The zero-order valence-corrected chi connectivity index (χ0v) is 17.2. The quantitative estimate of drug-likeness (QED) is 0.380. The SMILES string of the molecule is Cc1csc(Nc2ncc(Sc3ccccc3C)cc2Oc2ccccc2)n1. The fourth-order valence-corrected chi connectivity index (χ4v) is 4.17. The van der Waals surface area contributed by atoms with Crippen LogP contribution in [0.25, 0.3) is 0 Å². The van der Waals surface area contributed by atoms with Crippen molar-refractivity contribution in [2.75, 3.05) is 5.32 Å². The second-order valence-electron chi connectivity index (χ2n) is 6.22. The van der Waals surface area contributed by atoms with Crippen molar-refractivity contribution >= 4 is 34.0 Å². The van der Waals surface area contributed by atoms with Gasteiger partial charge in [-0.3, -0.25) is 0 Å². The molecule has 0 saturated heterocycles. The number of hydrogen-bond acceptors (Lipinski definition) is 6. The summed E-state index contributed by atoms with van der Waals surface area (Å²) in [5.74, 6) is 2.07. The average molecular weight is 406 g/mol. The molecule has 0 atom stereocenters. The van der Waals surface area contributed by atoms with E-state index in [1.54, 1.807) is 23.1 Å². The normalized spacial score (nSPS) is 10.6. The number of nitrogens with one attached hydrogen (secondary N) is 1. The molecule has 0 bridgehead atoms. The largest absolute Gasteiger partial charge is 0.453 e. The third-order valence-corrected chi connectivity index (χ3v) is 5.98. The van der Waals surface area contributed by atoms with Crippen LogP contribution >= 0.6 is 23.1 Å². The molecule has 0 amide bonds. The van der Waals surface area contributed by atoms with E-state index in [9.17, 15) is 0 Å². The highest BCUT2D eigenvalue weighted by Gasteiger charge is 2.12. The van der Waals surface area contributed by atoms with Gasteiger partial charge in [0.2, 0.25) is 0 Å². The molecule has 0 unspecified atom stereocenters. The number of hydrogen-bond donors (Lipinski definition) is 1. The molecule has 0 aliphatic carbocycles. The van der Waals surface area contributed by atoms with E-state index in [0.29, 0.717) is 11.6 Å². The summed E-state index contributed by atoms with van der Waals surface area (Å²) in [4.78, 5) is 11.3.